The average Bonchev–Trinajstić information content (AvgIpc) is 2.56. The molecule has 0 aliphatic carbocycles. The van der Waals surface area contributed by atoms with Gasteiger partial charge in [-0.05, 0) is 29.5 Å². The van der Waals surface area contributed by atoms with Crippen LogP contribution < -0.4 is 15.4 Å². The highest BCUT2D eigenvalue weighted by molar-refractivity contribution is 5.59. The Bertz CT molecular complexity index is 595. The lowest BCUT2D eigenvalue weighted by molar-refractivity contribution is 0.397. The van der Waals surface area contributed by atoms with E-state index >= 15 is 0 Å². The van der Waals surface area contributed by atoms with E-state index < -0.39 is 0 Å². The predicted octanol–water partition coefficient (Wildman–Crippen LogP) is 2.74. The second kappa shape index (κ2) is 6.59. The first-order chi connectivity index (χ1) is 10.4. The van der Waals surface area contributed by atoms with Crippen LogP contribution in [0.3, 0.4) is 0 Å². The van der Waals surface area contributed by atoms with Crippen LogP contribution >= 0.6 is 0 Å². The van der Waals surface area contributed by atoms with Crippen LogP contribution in [0.4, 0.5) is 5.69 Å². The van der Waals surface area contributed by atoms with E-state index in [-0.39, 0.29) is 0 Å². The van der Waals surface area contributed by atoms with Crippen molar-refractivity contribution >= 4 is 5.69 Å². The topological polar surface area (TPSA) is 46.2 Å². The maximum atomic E-state index is 5.07. The quantitative estimate of drug-likeness (QED) is 0.885. The van der Waals surface area contributed by atoms with Crippen molar-refractivity contribution in [2.45, 2.75) is 25.9 Å². The van der Waals surface area contributed by atoms with E-state index in [2.05, 4.69) is 33.8 Å². The van der Waals surface area contributed by atoms with Gasteiger partial charge in [-0.3, -0.25) is 0 Å². The monoisotopic (exact) mass is 283 g/mol. The Kier molecular flexibility index (Phi) is 4.36. The number of aromatic nitrogens is 1. The number of benzene rings is 1. The molecule has 4 nitrogen and oxygen atoms in total. The molecule has 0 radical (unpaired) electrons. The number of fused-ring (bicyclic) bond motifs is 1. The maximum absolute atomic E-state index is 5.07. The minimum Gasteiger partial charge on any atom is -0.481 e. The number of anilines is 1. The fraction of sp³-hybridized carbons (Fsp3) is 0.353. The summed E-state index contributed by atoms with van der Waals surface area (Å²) in [5, 5.41) is 7.01. The Morgan fingerprint density at radius 1 is 1.24 bits per heavy atom. The number of methoxy groups -OCH3 is 1. The van der Waals surface area contributed by atoms with E-state index in [0.29, 0.717) is 5.88 Å². The van der Waals surface area contributed by atoms with E-state index in [0.717, 1.165) is 25.2 Å². The molecular weight excluding hydrogens is 262 g/mol. The molecule has 2 aromatic rings. The molecule has 2 heterocycles. The Hall–Kier alpha value is -2.07. The first-order valence-electron chi connectivity index (χ1n) is 7.41. The van der Waals surface area contributed by atoms with Crippen molar-refractivity contribution in [3.05, 3.63) is 53.2 Å². The van der Waals surface area contributed by atoms with Gasteiger partial charge in [0.2, 0.25) is 5.88 Å². The lowest BCUT2D eigenvalue weighted by atomic mass is 9.99. The molecule has 21 heavy (non-hydrogen) atoms. The van der Waals surface area contributed by atoms with Gasteiger partial charge < -0.3 is 15.4 Å². The van der Waals surface area contributed by atoms with Crippen molar-refractivity contribution in [3.63, 3.8) is 0 Å². The molecule has 0 saturated carbocycles. The molecule has 1 aliphatic rings. The molecule has 0 saturated heterocycles. The fourth-order valence-corrected chi connectivity index (χ4v) is 2.71. The standard InChI is InChI=1S/C17H21N3O/c1-21-16-8-7-13(11-20-16)10-18-12-15-5-2-4-14-6-3-9-19-17(14)15/h2,4-5,7-8,11,18-19H,3,6,9-10,12H2,1H3. The zero-order valence-electron chi connectivity index (χ0n) is 12.4. The summed E-state index contributed by atoms with van der Waals surface area (Å²) >= 11 is 0. The van der Waals surface area contributed by atoms with Gasteiger partial charge in [0, 0.05) is 37.6 Å². The van der Waals surface area contributed by atoms with Crippen LogP contribution in [-0.2, 0) is 19.5 Å². The zero-order chi connectivity index (χ0) is 14.5. The number of pyridine rings is 1. The highest BCUT2D eigenvalue weighted by Gasteiger charge is 2.11. The molecule has 0 bridgehead atoms. The van der Waals surface area contributed by atoms with Gasteiger partial charge in [0.25, 0.3) is 0 Å². The average molecular weight is 283 g/mol. The highest BCUT2D eigenvalue weighted by atomic mass is 16.5. The molecule has 0 spiro atoms. The number of nitrogens with one attached hydrogen (secondary N) is 2. The Balaban J connectivity index is 1.60. The van der Waals surface area contributed by atoms with Gasteiger partial charge in [-0.1, -0.05) is 24.3 Å². The third-order valence-electron chi connectivity index (χ3n) is 3.81. The van der Waals surface area contributed by atoms with Crippen LogP contribution in [0.1, 0.15) is 23.1 Å². The molecule has 110 valence electrons. The number of aryl methyl sites for hydroxylation is 1. The molecule has 0 amide bonds. The SMILES string of the molecule is COc1ccc(CNCc2cccc3c2NCCC3)cn1. The van der Waals surface area contributed by atoms with Gasteiger partial charge in [0.1, 0.15) is 0 Å². The van der Waals surface area contributed by atoms with Crippen LogP contribution in [0, 0.1) is 0 Å². The summed E-state index contributed by atoms with van der Waals surface area (Å²) < 4.78 is 5.07. The molecule has 2 N–H and O–H groups in total. The number of rotatable bonds is 5. The number of hydrogen-bond acceptors (Lipinski definition) is 4. The van der Waals surface area contributed by atoms with Crippen molar-refractivity contribution in [2.24, 2.45) is 0 Å². The lowest BCUT2D eigenvalue weighted by Crippen LogP contribution is -2.18. The third kappa shape index (κ3) is 3.34. The molecule has 1 aliphatic heterocycles. The molecule has 1 aromatic carbocycles. The van der Waals surface area contributed by atoms with Crippen LogP contribution in [0.5, 0.6) is 5.88 Å². The fourth-order valence-electron chi connectivity index (χ4n) is 2.71. The molecule has 0 unspecified atom stereocenters. The smallest absolute Gasteiger partial charge is 0.212 e. The molecular formula is C17H21N3O. The highest BCUT2D eigenvalue weighted by Crippen LogP contribution is 2.25. The number of nitrogens with zero attached hydrogens (tertiary/aromatic N) is 1. The first-order valence-corrected chi connectivity index (χ1v) is 7.41. The minimum absolute atomic E-state index is 0.653. The zero-order valence-corrected chi connectivity index (χ0v) is 12.4. The van der Waals surface area contributed by atoms with Crippen LogP contribution in [0.25, 0.3) is 0 Å². The summed E-state index contributed by atoms with van der Waals surface area (Å²) in [6, 6.07) is 10.5. The number of ether oxygens (including phenoxy) is 1. The third-order valence-corrected chi connectivity index (χ3v) is 3.81. The molecule has 1 aromatic heterocycles. The van der Waals surface area contributed by atoms with Crippen molar-refractivity contribution in [3.8, 4) is 5.88 Å². The van der Waals surface area contributed by atoms with Crippen LogP contribution in [-0.4, -0.2) is 18.6 Å². The Morgan fingerprint density at radius 3 is 3.00 bits per heavy atom. The van der Waals surface area contributed by atoms with E-state index in [4.69, 9.17) is 4.74 Å². The molecule has 3 rings (SSSR count). The Morgan fingerprint density at radius 2 is 2.19 bits per heavy atom. The summed E-state index contributed by atoms with van der Waals surface area (Å²) in [5.41, 5.74) is 5.26. The molecule has 0 fully saturated rings. The number of para-hydroxylation sites is 1. The lowest BCUT2D eigenvalue weighted by Gasteiger charge is -2.21. The second-order valence-electron chi connectivity index (χ2n) is 5.29. The van der Waals surface area contributed by atoms with Crippen molar-refractivity contribution in [2.75, 3.05) is 19.0 Å². The van der Waals surface area contributed by atoms with Gasteiger partial charge in [0.05, 0.1) is 7.11 Å². The van der Waals surface area contributed by atoms with Gasteiger partial charge in [-0.25, -0.2) is 4.98 Å². The summed E-state index contributed by atoms with van der Waals surface area (Å²) in [7, 11) is 1.63. The van der Waals surface area contributed by atoms with E-state index in [9.17, 15) is 0 Å². The minimum atomic E-state index is 0.653. The summed E-state index contributed by atoms with van der Waals surface area (Å²) in [5.74, 6) is 0.653. The largest absolute Gasteiger partial charge is 0.481 e. The van der Waals surface area contributed by atoms with E-state index in [1.54, 1.807) is 7.11 Å². The van der Waals surface area contributed by atoms with E-state index in [1.165, 1.54) is 29.7 Å². The Labute approximate surface area is 125 Å². The van der Waals surface area contributed by atoms with Gasteiger partial charge in [-0.15, -0.1) is 0 Å². The summed E-state index contributed by atoms with van der Waals surface area (Å²) in [4.78, 5) is 4.22. The molecule has 0 atom stereocenters. The summed E-state index contributed by atoms with van der Waals surface area (Å²) in [6.45, 7) is 2.75. The van der Waals surface area contributed by atoms with Crippen LogP contribution in [0.2, 0.25) is 0 Å². The van der Waals surface area contributed by atoms with Gasteiger partial charge >= 0.3 is 0 Å². The summed E-state index contributed by atoms with van der Waals surface area (Å²) in [6.07, 6.45) is 4.25. The van der Waals surface area contributed by atoms with Crippen LogP contribution in [0.15, 0.2) is 36.5 Å². The molecule has 4 heteroatoms. The van der Waals surface area contributed by atoms with Crippen molar-refractivity contribution < 1.29 is 4.74 Å². The van der Waals surface area contributed by atoms with E-state index in [1.807, 2.05) is 18.3 Å². The number of hydrogen-bond donors (Lipinski definition) is 2. The van der Waals surface area contributed by atoms with Crippen molar-refractivity contribution in [1.82, 2.24) is 10.3 Å². The van der Waals surface area contributed by atoms with Crippen molar-refractivity contribution in [1.29, 1.82) is 0 Å². The predicted molar refractivity (Wildman–Crippen MR) is 84.6 cm³/mol. The maximum Gasteiger partial charge on any atom is 0.212 e. The van der Waals surface area contributed by atoms with Gasteiger partial charge in [-0.2, -0.15) is 0 Å². The normalized spacial score (nSPS) is 13.4. The first kappa shape index (κ1) is 13.9. The van der Waals surface area contributed by atoms with Gasteiger partial charge in [0.15, 0.2) is 0 Å². The second-order valence-corrected chi connectivity index (χ2v) is 5.29.